The molecule has 0 unspecified atom stereocenters. The summed E-state index contributed by atoms with van der Waals surface area (Å²) < 4.78 is 1.93. The minimum atomic E-state index is -0.809. The van der Waals surface area contributed by atoms with Gasteiger partial charge in [-0.1, -0.05) is 0 Å². The van der Waals surface area contributed by atoms with Crippen LogP contribution in [0, 0.1) is 5.92 Å². The van der Waals surface area contributed by atoms with Crippen molar-refractivity contribution in [2.24, 2.45) is 5.92 Å². The molecule has 0 saturated heterocycles. The van der Waals surface area contributed by atoms with Gasteiger partial charge in [0, 0.05) is 0 Å². The fourth-order valence-electron chi connectivity index (χ4n) is 3.04. The quantitative estimate of drug-likeness (QED) is 0.592. The topological polar surface area (TPSA) is 0 Å². The van der Waals surface area contributed by atoms with Gasteiger partial charge >= 0.3 is 133 Å². The van der Waals surface area contributed by atoms with Crippen molar-refractivity contribution in [3.8, 4) is 0 Å². The first-order valence-electron chi connectivity index (χ1n) is 7.49. The SMILES string of the molecule is CC1=CCC(C2=[C]([Zr][GeH]([CH3])[CH3])CC=C2C(C)C)=C1C. The van der Waals surface area contributed by atoms with Crippen LogP contribution in [0.15, 0.2) is 43.3 Å². The molecule has 0 saturated carbocycles. The van der Waals surface area contributed by atoms with Gasteiger partial charge in [-0.15, -0.1) is 0 Å². The van der Waals surface area contributed by atoms with Crippen LogP contribution in [0.1, 0.15) is 40.5 Å². The zero-order valence-corrected chi connectivity index (χ0v) is 18.1. The van der Waals surface area contributed by atoms with E-state index in [2.05, 4.69) is 51.4 Å². The van der Waals surface area contributed by atoms with E-state index in [-0.39, 0.29) is 20.7 Å². The number of hydrogen-bond donors (Lipinski definition) is 0. The second kappa shape index (κ2) is 6.44. The molecule has 2 aliphatic carbocycles. The summed E-state index contributed by atoms with van der Waals surface area (Å²) in [7, 11) is -0.809. The van der Waals surface area contributed by atoms with Gasteiger partial charge in [0.15, 0.2) is 0 Å². The van der Waals surface area contributed by atoms with Gasteiger partial charge in [0.25, 0.3) is 0 Å². The summed E-state index contributed by atoms with van der Waals surface area (Å²) in [6.07, 6.45) is 7.46. The van der Waals surface area contributed by atoms with Crippen LogP contribution in [0.5, 0.6) is 0 Å². The Morgan fingerprint density at radius 1 is 1.11 bits per heavy atom. The fourth-order valence-corrected chi connectivity index (χ4v) is 18.3. The van der Waals surface area contributed by atoms with Gasteiger partial charge in [-0.3, -0.25) is 0 Å². The second-order valence-corrected chi connectivity index (χ2v) is 31.7. The molecule has 0 fully saturated rings. The Kier molecular flexibility index (Phi) is 5.34. The molecule has 0 aromatic rings. The molecule has 0 N–H and O–H groups in total. The molecule has 0 spiro atoms. The Hall–Kier alpha value is 0.386. The molecule has 0 radical (unpaired) electrons. The molecule has 0 amide bonds. The maximum absolute atomic E-state index is 2.59. The summed E-state index contributed by atoms with van der Waals surface area (Å²) in [4.78, 5) is 0. The minimum absolute atomic E-state index is 0.204. The third-order valence-electron chi connectivity index (χ3n) is 4.16. The average molecular weight is 394 g/mol. The molecule has 102 valence electrons. The maximum atomic E-state index is 2.59. The van der Waals surface area contributed by atoms with Crippen molar-refractivity contribution in [3.05, 3.63) is 43.3 Å². The molecule has 0 aromatic heterocycles. The summed E-state index contributed by atoms with van der Waals surface area (Å²) in [5, 5.41) is 0. The molecular formula is C17H26GeZr. The summed E-state index contributed by atoms with van der Waals surface area (Å²) in [6.45, 7) is 9.33. The zero-order valence-electron chi connectivity index (χ0n) is 13.2. The van der Waals surface area contributed by atoms with E-state index in [1.165, 1.54) is 18.4 Å². The third-order valence-corrected chi connectivity index (χ3v) is 19.0. The number of rotatable bonds is 4. The van der Waals surface area contributed by atoms with Crippen LogP contribution in [0.25, 0.3) is 0 Å². The Morgan fingerprint density at radius 3 is 2.26 bits per heavy atom. The van der Waals surface area contributed by atoms with Crippen LogP contribution in [0.3, 0.4) is 0 Å². The molecule has 0 nitrogen and oxygen atoms in total. The van der Waals surface area contributed by atoms with E-state index in [1.54, 1.807) is 22.3 Å². The number of hydrogen-bond acceptors (Lipinski definition) is 0. The van der Waals surface area contributed by atoms with E-state index in [0.717, 1.165) is 0 Å². The van der Waals surface area contributed by atoms with Crippen LogP contribution in [-0.4, -0.2) is 10.6 Å². The average Bonchev–Trinajstić information content (AvgIpc) is 2.84. The van der Waals surface area contributed by atoms with Crippen LogP contribution in [0.4, 0.5) is 0 Å². The molecule has 2 heteroatoms. The fraction of sp³-hybridized carbons (Fsp3) is 0.529. The van der Waals surface area contributed by atoms with Crippen LogP contribution in [-0.2, 0) is 20.7 Å². The summed E-state index contributed by atoms with van der Waals surface area (Å²) in [5.74, 6) is 5.88. The van der Waals surface area contributed by atoms with Gasteiger partial charge in [0.1, 0.15) is 0 Å². The van der Waals surface area contributed by atoms with E-state index in [4.69, 9.17) is 0 Å². The van der Waals surface area contributed by atoms with Crippen molar-refractivity contribution in [2.45, 2.75) is 52.0 Å². The van der Waals surface area contributed by atoms with Crippen LogP contribution >= 0.6 is 0 Å². The predicted molar refractivity (Wildman–Crippen MR) is 84.5 cm³/mol. The molecule has 0 atom stereocenters. The van der Waals surface area contributed by atoms with E-state index >= 15 is 0 Å². The molecular weight excluding hydrogens is 368 g/mol. The van der Waals surface area contributed by atoms with Crippen molar-refractivity contribution >= 4 is 10.6 Å². The molecule has 0 bridgehead atoms. The standard InChI is InChI=1S/C15H19.C2H7Ge.Zr/c1-10(2)13-6-5-7-15(13)14-9-8-11(3)12(14)4;1-3-2;/h6,8,10H,5,9H2,1-4H3;3H,1-2H3;. The van der Waals surface area contributed by atoms with Crippen molar-refractivity contribution in [1.82, 2.24) is 0 Å². The second-order valence-electron chi connectivity index (χ2n) is 6.37. The van der Waals surface area contributed by atoms with E-state index < -0.39 is 10.6 Å². The number of allylic oxidation sites excluding steroid dienone is 8. The first-order chi connectivity index (χ1) is 8.91. The first-order valence-corrected chi connectivity index (χ1v) is 22.1. The molecule has 2 aliphatic rings. The van der Waals surface area contributed by atoms with Crippen LogP contribution < -0.4 is 0 Å². The Labute approximate surface area is 132 Å². The molecule has 0 heterocycles. The van der Waals surface area contributed by atoms with E-state index in [1.807, 2.05) is 3.28 Å². The summed E-state index contributed by atoms with van der Waals surface area (Å²) >= 11 is -0.204. The monoisotopic (exact) mass is 394 g/mol. The van der Waals surface area contributed by atoms with Gasteiger partial charge in [0.2, 0.25) is 0 Å². The predicted octanol–water partition coefficient (Wildman–Crippen LogP) is 4.96. The van der Waals surface area contributed by atoms with Gasteiger partial charge in [-0.25, -0.2) is 0 Å². The normalized spacial score (nSPS) is 19.8. The van der Waals surface area contributed by atoms with E-state index in [9.17, 15) is 0 Å². The Balaban J connectivity index is 2.43. The molecule has 19 heavy (non-hydrogen) atoms. The Bertz CT molecular complexity index is 501. The molecule has 0 aliphatic heterocycles. The zero-order chi connectivity index (χ0) is 14.2. The van der Waals surface area contributed by atoms with Gasteiger partial charge < -0.3 is 0 Å². The van der Waals surface area contributed by atoms with Crippen molar-refractivity contribution in [1.29, 1.82) is 0 Å². The van der Waals surface area contributed by atoms with Crippen molar-refractivity contribution in [3.63, 3.8) is 0 Å². The molecule has 2 rings (SSSR count). The van der Waals surface area contributed by atoms with Gasteiger partial charge in [0.05, 0.1) is 0 Å². The third kappa shape index (κ3) is 3.35. The molecule has 0 aromatic carbocycles. The summed E-state index contributed by atoms with van der Waals surface area (Å²) in [5.41, 5.74) is 8.15. The first kappa shape index (κ1) is 15.8. The summed E-state index contributed by atoms with van der Waals surface area (Å²) in [6, 6.07) is 0. The van der Waals surface area contributed by atoms with Crippen molar-refractivity contribution in [2.75, 3.05) is 0 Å². The Morgan fingerprint density at radius 2 is 1.79 bits per heavy atom. The van der Waals surface area contributed by atoms with E-state index in [0.29, 0.717) is 5.92 Å². The van der Waals surface area contributed by atoms with Gasteiger partial charge in [-0.2, -0.15) is 0 Å². The van der Waals surface area contributed by atoms with Crippen molar-refractivity contribution < 1.29 is 20.7 Å². The van der Waals surface area contributed by atoms with Crippen LogP contribution in [0.2, 0.25) is 11.5 Å². The van der Waals surface area contributed by atoms with Gasteiger partial charge in [-0.05, 0) is 0 Å².